The molecule has 0 spiro atoms. The van der Waals surface area contributed by atoms with Crippen molar-refractivity contribution in [3.63, 3.8) is 0 Å². The fourth-order valence-corrected chi connectivity index (χ4v) is 7.18. The second kappa shape index (κ2) is 9.79. The largest absolute Gasteiger partial charge is 0.326 e. The smallest absolute Gasteiger partial charge is 0.245 e. The van der Waals surface area contributed by atoms with Gasteiger partial charge in [-0.3, -0.25) is 9.59 Å². The molecule has 2 amide bonds. The monoisotopic (exact) mass is 547 g/mol. The van der Waals surface area contributed by atoms with Gasteiger partial charge >= 0.3 is 0 Å². The van der Waals surface area contributed by atoms with Crippen LogP contribution < -0.4 is 10.2 Å². The molecule has 1 fully saturated rings. The van der Waals surface area contributed by atoms with Crippen molar-refractivity contribution in [2.24, 2.45) is 5.92 Å². The minimum atomic E-state index is -3.91. The predicted octanol–water partition coefficient (Wildman–Crippen LogP) is 4.40. The van der Waals surface area contributed by atoms with Crippen molar-refractivity contribution in [1.29, 1.82) is 0 Å². The van der Waals surface area contributed by atoms with E-state index in [2.05, 4.69) is 21.2 Å². The zero-order valence-electron chi connectivity index (χ0n) is 19.7. The Labute approximate surface area is 209 Å². The Bertz CT molecular complexity index is 1240. The third kappa shape index (κ3) is 4.65. The summed E-state index contributed by atoms with van der Waals surface area (Å²) in [5.41, 5.74) is 4.17. The summed E-state index contributed by atoms with van der Waals surface area (Å²) >= 11 is 3.44. The van der Waals surface area contributed by atoms with Crippen LogP contribution in [0.15, 0.2) is 39.7 Å². The SMILES string of the molecule is CCC(=O)N1CCc2cc(Br)cc(S(=O)(=O)N3CCC[C@H](C(=O)Nc4cccc(C)c4C)C3)c21. The zero-order chi connectivity index (χ0) is 24.6. The lowest BCUT2D eigenvalue weighted by molar-refractivity contribution is -0.121. The van der Waals surface area contributed by atoms with E-state index in [9.17, 15) is 18.0 Å². The average molecular weight is 549 g/mol. The number of nitrogens with zero attached hydrogens (tertiary/aromatic N) is 2. The molecule has 0 bridgehead atoms. The van der Waals surface area contributed by atoms with Gasteiger partial charge in [-0.2, -0.15) is 4.31 Å². The Kier molecular flexibility index (Phi) is 7.17. The molecule has 2 heterocycles. The quantitative estimate of drug-likeness (QED) is 0.600. The first-order valence-corrected chi connectivity index (χ1v) is 13.9. The van der Waals surface area contributed by atoms with Crippen molar-refractivity contribution < 1.29 is 18.0 Å². The number of fused-ring (bicyclic) bond motifs is 1. The summed E-state index contributed by atoms with van der Waals surface area (Å²) in [6, 6.07) is 9.21. The van der Waals surface area contributed by atoms with Gasteiger partial charge in [-0.15, -0.1) is 0 Å². The van der Waals surface area contributed by atoms with E-state index in [0.717, 1.165) is 22.4 Å². The number of carbonyl (C=O) groups is 2. The second-order valence-corrected chi connectivity index (χ2v) is 11.8. The molecule has 182 valence electrons. The summed E-state index contributed by atoms with van der Waals surface area (Å²) in [7, 11) is -3.91. The van der Waals surface area contributed by atoms with Gasteiger partial charge in [-0.25, -0.2) is 8.42 Å². The molecule has 2 aromatic carbocycles. The molecule has 0 saturated carbocycles. The van der Waals surface area contributed by atoms with Crippen LogP contribution in [0.25, 0.3) is 0 Å². The molecule has 0 aliphatic carbocycles. The summed E-state index contributed by atoms with van der Waals surface area (Å²) < 4.78 is 29.7. The normalized spacial score (nSPS) is 18.6. The molecule has 7 nitrogen and oxygen atoms in total. The summed E-state index contributed by atoms with van der Waals surface area (Å²) in [5, 5.41) is 2.99. The number of halogens is 1. The Morgan fingerprint density at radius 2 is 1.94 bits per heavy atom. The van der Waals surface area contributed by atoms with Gasteiger partial charge in [0, 0.05) is 36.2 Å². The highest BCUT2D eigenvalue weighted by atomic mass is 79.9. The molecule has 2 aromatic rings. The standard InChI is InChI=1S/C25H30BrN3O4S/c1-4-23(30)29-12-10-18-13-20(26)14-22(24(18)29)34(32,33)28-11-6-8-19(15-28)25(31)27-21-9-5-7-16(2)17(21)3/h5,7,9,13-14,19H,4,6,8,10-12,15H2,1-3H3,(H,27,31)/t19-/m0/s1. The van der Waals surface area contributed by atoms with E-state index < -0.39 is 15.9 Å². The van der Waals surface area contributed by atoms with Crippen molar-refractivity contribution in [2.45, 2.75) is 51.3 Å². The molecule has 2 aliphatic rings. The molecular weight excluding hydrogens is 518 g/mol. The maximum absolute atomic E-state index is 13.8. The van der Waals surface area contributed by atoms with Crippen molar-refractivity contribution >= 4 is 49.1 Å². The number of sulfonamides is 1. The third-order valence-corrected chi connectivity index (χ3v) is 9.17. The van der Waals surface area contributed by atoms with Gasteiger partial charge in [0.15, 0.2) is 0 Å². The summed E-state index contributed by atoms with van der Waals surface area (Å²) in [5.74, 6) is -0.713. The third-order valence-electron chi connectivity index (χ3n) is 6.83. The van der Waals surface area contributed by atoms with E-state index in [-0.39, 0.29) is 23.3 Å². The molecule has 2 aliphatic heterocycles. The molecule has 1 atom stereocenters. The first kappa shape index (κ1) is 24.9. The maximum atomic E-state index is 13.8. The fourth-order valence-electron chi connectivity index (χ4n) is 4.74. The van der Waals surface area contributed by atoms with E-state index in [1.54, 1.807) is 17.9 Å². The minimum absolute atomic E-state index is 0.0954. The van der Waals surface area contributed by atoms with Crippen molar-refractivity contribution in [3.8, 4) is 0 Å². The minimum Gasteiger partial charge on any atom is -0.326 e. The van der Waals surface area contributed by atoms with E-state index in [0.29, 0.717) is 48.9 Å². The number of carbonyl (C=O) groups excluding carboxylic acids is 2. The molecule has 1 saturated heterocycles. The number of nitrogens with one attached hydrogen (secondary N) is 1. The van der Waals surface area contributed by atoms with Crippen LogP contribution in [-0.4, -0.2) is 44.2 Å². The van der Waals surface area contributed by atoms with Crippen molar-refractivity contribution in [3.05, 3.63) is 51.5 Å². The molecule has 0 aromatic heterocycles. The predicted molar refractivity (Wildman–Crippen MR) is 137 cm³/mol. The van der Waals surface area contributed by atoms with Gasteiger partial charge in [0.05, 0.1) is 11.6 Å². The molecule has 9 heteroatoms. The number of benzene rings is 2. The van der Waals surface area contributed by atoms with Crippen LogP contribution in [0, 0.1) is 19.8 Å². The lowest BCUT2D eigenvalue weighted by atomic mass is 9.98. The number of anilines is 2. The molecule has 0 unspecified atom stereocenters. The molecule has 4 rings (SSSR count). The number of hydrogen-bond acceptors (Lipinski definition) is 4. The highest BCUT2D eigenvalue weighted by Crippen LogP contribution is 2.40. The van der Waals surface area contributed by atoms with E-state index in [1.165, 1.54) is 4.31 Å². The van der Waals surface area contributed by atoms with Gasteiger partial charge in [-0.05, 0) is 68.0 Å². The van der Waals surface area contributed by atoms with E-state index >= 15 is 0 Å². The number of rotatable bonds is 5. The molecular formula is C25H30BrN3O4S. The Balaban J connectivity index is 1.61. The van der Waals surface area contributed by atoms with Gasteiger partial charge in [-0.1, -0.05) is 35.0 Å². The molecule has 1 N–H and O–H groups in total. The van der Waals surface area contributed by atoms with Crippen LogP contribution in [0.4, 0.5) is 11.4 Å². The highest BCUT2D eigenvalue weighted by Gasteiger charge is 2.38. The van der Waals surface area contributed by atoms with Gasteiger partial charge in [0.1, 0.15) is 4.90 Å². The average Bonchev–Trinajstić information content (AvgIpc) is 3.24. The van der Waals surface area contributed by atoms with Crippen LogP contribution in [0.2, 0.25) is 0 Å². The molecule has 0 radical (unpaired) electrons. The number of hydrogen-bond donors (Lipinski definition) is 1. The first-order valence-electron chi connectivity index (χ1n) is 11.6. The van der Waals surface area contributed by atoms with Gasteiger partial charge < -0.3 is 10.2 Å². The maximum Gasteiger partial charge on any atom is 0.245 e. The zero-order valence-corrected chi connectivity index (χ0v) is 22.1. The van der Waals surface area contributed by atoms with Crippen molar-refractivity contribution in [1.82, 2.24) is 4.31 Å². The van der Waals surface area contributed by atoms with Crippen LogP contribution in [0.1, 0.15) is 42.9 Å². The summed E-state index contributed by atoms with van der Waals surface area (Å²) in [6.07, 6.45) is 2.14. The lowest BCUT2D eigenvalue weighted by Crippen LogP contribution is -2.44. The van der Waals surface area contributed by atoms with E-state index in [1.807, 2.05) is 38.1 Å². The molecule has 34 heavy (non-hydrogen) atoms. The fraction of sp³-hybridized carbons (Fsp3) is 0.440. The Morgan fingerprint density at radius 1 is 1.18 bits per heavy atom. The highest BCUT2D eigenvalue weighted by molar-refractivity contribution is 9.10. The Morgan fingerprint density at radius 3 is 2.68 bits per heavy atom. The van der Waals surface area contributed by atoms with Crippen LogP contribution in [-0.2, 0) is 26.0 Å². The second-order valence-electron chi connectivity index (χ2n) is 9.00. The van der Waals surface area contributed by atoms with Crippen LogP contribution in [0.5, 0.6) is 0 Å². The number of amides is 2. The van der Waals surface area contributed by atoms with Crippen LogP contribution >= 0.6 is 15.9 Å². The van der Waals surface area contributed by atoms with Crippen LogP contribution in [0.3, 0.4) is 0 Å². The number of aryl methyl sites for hydroxylation is 1. The lowest BCUT2D eigenvalue weighted by Gasteiger charge is -2.32. The van der Waals surface area contributed by atoms with E-state index in [4.69, 9.17) is 0 Å². The van der Waals surface area contributed by atoms with Gasteiger partial charge in [0.2, 0.25) is 21.8 Å². The van der Waals surface area contributed by atoms with Crippen molar-refractivity contribution in [2.75, 3.05) is 29.9 Å². The van der Waals surface area contributed by atoms with Gasteiger partial charge in [0.25, 0.3) is 0 Å². The summed E-state index contributed by atoms with van der Waals surface area (Å²) in [4.78, 5) is 27.3. The number of piperidine rings is 1. The topological polar surface area (TPSA) is 86.8 Å². The summed E-state index contributed by atoms with van der Waals surface area (Å²) in [6.45, 7) is 6.66. The Hall–Kier alpha value is -2.23. The first-order chi connectivity index (χ1) is 16.1.